The fourth-order valence-electron chi connectivity index (χ4n) is 2.96. The third-order valence-electron chi connectivity index (χ3n) is 4.66. The molecule has 1 amide bonds. The number of H-pyrrole nitrogens is 1. The molecule has 0 fully saturated rings. The van der Waals surface area contributed by atoms with Crippen molar-refractivity contribution in [2.24, 2.45) is 5.10 Å². The zero-order valence-electron chi connectivity index (χ0n) is 17.1. The van der Waals surface area contributed by atoms with Crippen LogP contribution in [0.25, 0.3) is 11.3 Å². The van der Waals surface area contributed by atoms with E-state index in [0.29, 0.717) is 28.6 Å². The SMILES string of the molecule is O=C(NN=Cc1cc(Br)ccc1O)c1cc(-c2cccc(OCc3ccccc3Cl)c2)n[nH]1. The molecule has 33 heavy (non-hydrogen) atoms. The molecule has 166 valence electrons. The molecule has 0 aliphatic rings. The molecule has 4 aromatic rings. The first-order valence-corrected chi connectivity index (χ1v) is 11.0. The third-order valence-corrected chi connectivity index (χ3v) is 5.53. The van der Waals surface area contributed by atoms with Gasteiger partial charge in [0.1, 0.15) is 23.8 Å². The molecule has 1 aromatic heterocycles. The Hall–Kier alpha value is -3.62. The number of rotatable bonds is 7. The number of halogens is 2. The number of aromatic hydroxyl groups is 1. The highest BCUT2D eigenvalue weighted by atomic mass is 79.9. The monoisotopic (exact) mass is 524 g/mol. The van der Waals surface area contributed by atoms with Crippen molar-refractivity contribution < 1.29 is 14.6 Å². The molecule has 0 unspecified atom stereocenters. The Balaban J connectivity index is 1.41. The molecule has 0 atom stereocenters. The average molecular weight is 526 g/mol. The number of phenolic OH excluding ortho intramolecular Hbond substituents is 1. The number of aromatic amines is 1. The van der Waals surface area contributed by atoms with Crippen LogP contribution in [0.4, 0.5) is 0 Å². The number of hydrogen-bond acceptors (Lipinski definition) is 5. The summed E-state index contributed by atoms with van der Waals surface area (Å²) >= 11 is 9.50. The van der Waals surface area contributed by atoms with Gasteiger partial charge in [-0.3, -0.25) is 9.89 Å². The van der Waals surface area contributed by atoms with Crippen molar-refractivity contribution in [3.63, 3.8) is 0 Å². The first-order valence-electron chi connectivity index (χ1n) is 9.83. The molecule has 0 spiro atoms. The molecule has 0 saturated heterocycles. The van der Waals surface area contributed by atoms with Gasteiger partial charge in [-0.05, 0) is 42.5 Å². The number of nitrogens with one attached hydrogen (secondary N) is 2. The number of aromatic nitrogens is 2. The number of carbonyl (C=O) groups is 1. The quantitative estimate of drug-likeness (QED) is 0.218. The number of carbonyl (C=O) groups excluding carboxylic acids is 1. The van der Waals surface area contributed by atoms with E-state index < -0.39 is 5.91 Å². The van der Waals surface area contributed by atoms with Gasteiger partial charge in [0.15, 0.2) is 0 Å². The molecular formula is C24H18BrClN4O3. The normalized spacial score (nSPS) is 11.0. The second kappa shape index (κ2) is 10.3. The lowest BCUT2D eigenvalue weighted by Gasteiger charge is -2.08. The molecule has 0 bridgehead atoms. The predicted octanol–water partition coefficient (Wildman–Crippen LogP) is 5.54. The molecule has 9 heteroatoms. The Morgan fingerprint density at radius 1 is 1.15 bits per heavy atom. The molecule has 1 heterocycles. The third kappa shape index (κ3) is 5.79. The van der Waals surface area contributed by atoms with Crippen LogP contribution in [0.1, 0.15) is 21.6 Å². The lowest BCUT2D eigenvalue weighted by atomic mass is 10.1. The Morgan fingerprint density at radius 2 is 2.00 bits per heavy atom. The van der Waals surface area contributed by atoms with Gasteiger partial charge in [0, 0.05) is 26.2 Å². The average Bonchev–Trinajstić information content (AvgIpc) is 3.31. The fraction of sp³-hybridized carbons (Fsp3) is 0.0417. The summed E-state index contributed by atoms with van der Waals surface area (Å²) in [7, 11) is 0. The van der Waals surface area contributed by atoms with Crippen molar-refractivity contribution in [1.29, 1.82) is 0 Å². The van der Waals surface area contributed by atoms with Crippen molar-refractivity contribution in [3.05, 3.63) is 99.1 Å². The van der Waals surface area contributed by atoms with Crippen LogP contribution < -0.4 is 10.2 Å². The Bertz CT molecular complexity index is 1320. The lowest BCUT2D eigenvalue weighted by Crippen LogP contribution is -2.18. The summed E-state index contributed by atoms with van der Waals surface area (Å²) in [6, 6.07) is 21.4. The first kappa shape index (κ1) is 22.6. The van der Waals surface area contributed by atoms with Gasteiger partial charge in [0.2, 0.25) is 0 Å². The number of hydrazone groups is 1. The fourth-order valence-corrected chi connectivity index (χ4v) is 3.53. The van der Waals surface area contributed by atoms with Crippen LogP contribution in [0.3, 0.4) is 0 Å². The minimum Gasteiger partial charge on any atom is -0.507 e. The maximum Gasteiger partial charge on any atom is 0.289 e. The Kier molecular flexibility index (Phi) is 7.07. The molecule has 3 N–H and O–H groups in total. The highest BCUT2D eigenvalue weighted by Gasteiger charge is 2.11. The van der Waals surface area contributed by atoms with E-state index >= 15 is 0 Å². The van der Waals surface area contributed by atoms with E-state index in [-0.39, 0.29) is 11.4 Å². The van der Waals surface area contributed by atoms with E-state index in [2.05, 4.69) is 36.7 Å². The van der Waals surface area contributed by atoms with Gasteiger partial charge in [-0.25, -0.2) is 5.43 Å². The largest absolute Gasteiger partial charge is 0.507 e. The van der Waals surface area contributed by atoms with E-state index in [1.165, 1.54) is 12.3 Å². The van der Waals surface area contributed by atoms with E-state index in [0.717, 1.165) is 15.6 Å². The molecule has 0 aliphatic heterocycles. The first-order chi connectivity index (χ1) is 16.0. The van der Waals surface area contributed by atoms with Gasteiger partial charge >= 0.3 is 0 Å². The highest BCUT2D eigenvalue weighted by molar-refractivity contribution is 9.10. The predicted molar refractivity (Wildman–Crippen MR) is 131 cm³/mol. The summed E-state index contributed by atoms with van der Waals surface area (Å²) in [6.07, 6.45) is 1.36. The van der Waals surface area contributed by atoms with E-state index in [1.807, 2.05) is 48.5 Å². The van der Waals surface area contributed by atoms with Crippen LogP contribution in [0, 0.1) is 0 Å². The lowest BCUT2D eigenvalue weighted by molar-refractivity contribution is 0.0950. The van der Waals surface area contributed by atoms with E-state index in [1.54, 1.807) is 18.2 Å². The summed E-state index contributed by atoms with van der Waals surface area (Å²) in [5, 5.41) is 21.3. The van der Waals surface area contributed by atoms with Crippen LogP contribution >= 0.6 is 27.5 Å². The molecule has 7 nitrogen and oxygen atoms in total. The summed E-state index contributed by atoms with van der Waals surface area (Å²) in [5.41, 5.74) is 5.36. The van der Waals surface area contributed by atoms with Crippen molar-refractivity contribution in [1.82, 2.24) is 15.6 Å². The van der Waals surface area contributed by atoms with Gasteiger partial charge in [-0.1, -0.05) is 57.9 Å². The van der Waals surface area contributed by atoms with E-state index in [4.69, 9.17) is 16.3 Å². The van der Waals surface area contributed by atoms with Crippen molar-refractivity contribution >= 4 is 39.7 Å². The zero-order valence-corrected chi connectivity index (χ0v) is 19.5. The number of amides is 1. The molecule has 4 rings (SSSR count). The maximum absolute atomic E-state index is 12.4. The summed E-state index contributed by atoms with van der Waals surface area (Å²) in [4.78, 5) is 12.4. The van der Waals surface area contributed by atoms with Crippen LogP contribution in [0.2, 0.25) is 5.02 Å². The number of hydrogen-bond donors (Lipinski definition) is 3. The number of benzene rings is 3. The second-order valence-corrected chi connectivity index (χ2v) is 8.30. The molecule has 0 saturated carbocycles. The zero-order chi connectivity index (χ0) is 23.2. The van der Waals surface area contributed by atoms with Crippen molar-refractivity contribution in [2.45, 2.75) is 6.61 Å². The number of nitrogens with zero attached hydrogens (tertiary/aromatic N) is 2. The Labute approximate surface area is 203 Å². The summed E-state index contributed by atoms with van der Waals surface area (Å²) in [5.74, 6) is 0.238. The standard InChI is InChI=1S/C24H18BrClN4O3/c25-18-8-9-23(31)17(10-18)13-27-30-24(32)22-12-21(28-29-22)15-5-3-6-19(11-15)33-14-16-4-1-2-7-20(16)26/h1-13,31H,14H2,(H,28,29)(H,30,32). The van der Waals surface area contributed by atoms with Gasteiger partial charge < -0.3 is 9.84 Å². The summed E-state index contributed by atoms with van der Waals surface area (Å²) in [6.45, 7) is 0.336. The molecular weight excluding hydrogens is 508 g/mol. The topological polar surface area (TPSA) is 99.6 Å². The summed E-state index contributed by atoms with van der Waals surface area (Å²) < 4.78 is 6.64. The number of ether oxygens (including phenoxy) is 1. The van der Waals surface area contributed by atoms with Crippen molar-refractivity contribution in [3.8, 4) is 22.8 Å². The second-order valence-electron chi connectivity index (χ2n) is 6.98. The van der Waals surface area contributed by atoms with Crippen LogP contribution in [0.15, 0.2) is 82.4 Å². The van der Waals surface area contributed by atoms with Crippen LogP contribution in [-0.4, -0.2) is 27.4 Å². The van der Waals surface area contributed by atoms with Crippen LogP contribution in [0.5, 0.6) is 11.5 Å². The minimum absolute atomic E-state index is 0.0525. The van der Waals surface area contributed by atoms with Crippen molar-refractivity contribution in [2.75, 3.05) is 0 Å². The van der Waals surface area contributed by atoms with Gasteiger partial charge in [0.25, 0.3) is 5.91 Å². The minimum atomic E-state index is -0.467. The molecule has 0 radical (unpaired) electrons. The van der Waals surface area contributed by atoms with Gasteiger partial charge in [0.05, 0.1) is 11.9 Å². The smallest absolute Gasteiger partial charge is 0.289 e. The maximum atomic E-state index is 12.4. The van der Waals surface area contributed by atoms with Crippen LogP contribution in [-0.2, 0) is 6.61 Å². The number of phenols is 1. The highest BCUT2D eigenvalue weighted by Crippen LogP contribution is 2.25. The van der Waals surface area contributed by atoms with Gasteiger partial charge in [-0.2, -0.15) is 10.2 Å². The molecule has 0 aliphatic carbocycles. The molecule has 3 aromatic carbocycles. The van der Waals surface area contributed by atoms with E-state index in [9.17, 15) is 9.90 Å². The van der Waals surface area contributed by atoms with Gasteiger partial charge in [-0.15, -0.1) is 0 Å². The Morgan fingerprint density at radius 3 is 2.85 bits per heavy atom.